The van der Waals surface area contributed by atoms with Gasteiger partial charge in [0.15, 0.2) is 5.65 Å². The molecule has 0 aromatic carbocycles. The number of aliphatic hydroxyl groups is 1. The Morgan fingerprint density at radius 2 is 2.20 bits per heavy atom. The lowest BCUT2D eigenvalue weighted by atomic mass is 10.1. The molecule has 2 heterocycles. The van der Waals surface area contributed by atoms with Crippen LogP contribution >= 0.6 is 0 Å². The number of nitrogens with zero attached hydrogens (tertiary/aromatic N) is 3. The molecule has 0 aliphatic heterocycles. The number of aliphatic hydroxyl groups excluding tert-OH is 1. The smallest absolute Gasteiger partial charge is 0.350 e. The molecule has 0 fully saturated rings. The predicted octanol–water partition coefficient (Wildman–Crippen LogP) is -0.227. The van der Waals surface area contributed by atoms with Crippen molar-refractivity contribution in [2.75, 3.05) is 6.61 Å². The molecule has 2 rings (SSSR count). The van der Waals surface area contributed by atoms with Crippen molar-refractivity contribution in [3.8, 4) is 0 Å². The van der Waals surface area contributed by atoms with Gasteiger partial charge in [-0.15, -0.1) is 5.10 Å². The molecule has 0 saturated heterocycles. The number of amides is 1. The summed E-state index contributed by atoms with van der Waals surface area (Å²) in [7, 11) is 0. The van der Waals surface area contributed by atoms with E-state index in [-0.39, 0.29) is 31.2 Å². The van der Waals surface area contributed by atoms with Gasteiger partial charge in [-0.2, -0.15) is 0 Å². The van der Waals surface area contributed by atoms with Crippen molar-refractivity contribution in [2.24, 2.45) is 0 Å². The number of aromatic nitrogens is 3. The van der Waals surface area contributed by atoms with Crippen molar-refractivity contribution in [3.63, 3.8) is 0 Å². The largest absolute Gasteiger partial charge is 0.394 e. The molecule has 2 aromatic heterocycles. The van der Waals surface area contributed by atoms with Crippen LogP contribution in [0.5, 0.6) is 0 Å². The second kappa shape index (κ2) is 5.46. The molecule has 0 radical (unpaired) electrons. The van der Waals surface area contributed by atoms with E-state index < -0.39 is 5.54 Å². The third-order valence-electron chi connectivity index (χ3n) is 2.91. The zero-order valence-electron chi connectivity index (χ0n) is 11.5. The Kier molecular flexibility index (Phi) is 3.89. The van der Waals surface area contributed by atoms with Gasteiger partial charge in [0.05, 0.1) is 18.7 Å². The minimum atomic E-state index is -0.666. The molecule has 1 amide bonds. The minimum absolute atomic E-state index is 0.132. The number of fused-ring (bicyclic) bond motifs is 1. The maximum absolute atomic E-state index is 12.0. The van der Waals surface area contributed by atoms with Crippen LogP contribution in [0.3, 0.4) is 0 Å². The fraction of sp³-hybridized carbons (Fsp3) is 0.462. The van der Waals surface area contributed by atoms with E-state index in [1.54, 1.807) is 38.2 Å². The van der Waals surface area contributed by atoms with Gasteiger partial charge in [0.2, 0.25) is 5.91 Å². The fourth-order valence-corrected chi connectivity index (χ4v) is 1.80. The van der Waals surface area contributed by atoms with Crippen LogP contribution in [-0.4, -0.2) is 37.3 Å². The fourth-order valence-electron chi connectivity index (χ4n) is 1.80. The van der Waals surface area contributed by atoms with E-state index in [9.17, 15) is 9.59 Å². The van der Waals surface area contributed by atoms with Crippen molar-refractivity contribution in [3.05, 3.63) is 34.9 Å². The van der Waals surface area contributed by atoms with Gasteiger partial charge in [0.1, 0.15) is 0 Å². The standard InChI is InChI=1S/C13H18N4O3/c1-13(2,9-18)14-11(19)6-8-17-12(20)16-7-4-3-5-10(16)15-17/h3-5,7,18H,6,8-9H2,1-2H3,(H,14,19). The Hall–Kier alpha value is -2.15. The Morgan fingerprint density at radius 1 is 1.45 bits per heavy atom. The third-order valence-corrected chi connectivity index (χ3v) is 2.91. The van der Waals surface area contributed by atoms with Crippen molar-refractivity contribution >= 4 is 11.6 Å². The highest BCUT2D eigenvalue weighted by atomic mass is 16.3. The van der Waals surface area contributed by atoms with Gasteiger partial charge in [0.25, 0.3) is 0 Å². The van der Waals surface area contributed by atoms with E-state index in [2.05, 4.69) is 10.4 Å². The molecule has 2 N–H and O–H groups in total. The van der Waals surface area contributed by atoms with E-state index >= 15 is 0 Å². The summed E-state index contributed by atoms with van der Waals surface area (Å²) in [5.41, 5.74) is -0.385. The average Bonchev–Trinajstić information content (AvgIpc) is 2.73. The highest BCUT2D eigenvalue weighted by molar-refractivity contribution is 5.76. The molecule has 0 saturated carbocycles. The second-order valence-electron chi connectivity index (χ2n) is 5.27. The molecule has 7 heteroatoms. The van der Waals surface area contributed by atoms with E-state index in [1.165, 1.54) is 9.08 Å². The Bertz CT molecular complexity index is 672. The molecule has 0 bridgehead atoms. The number of nitrogens with one attached hydrogen (secondary N) is 1. The van der Waals surface area contributed by atoms with E-state index in [1.807, 2.05) is 0 Å². The molecule has 0 aliphatic rings. The van der Waals surface area contributed by atoms with Crippen LogP contribution in [-0.2, 0) is 11.3 Å². The van der Waals surface area contributed by atoms with Crippen LogP contribution in [0.1, 0.15) is 20.3 Å². The molecule has 108 valence electrons. The Labute approximate surface area is 115 Å². The van der Waals surface area contributed by atoms with Crippen molar-refractivity contribution in [1.29, 1.82) is 0 Å². The van der Waals surface area contributed by atoms with Crippen molar-refractivity contribution in [1.82, 2.24) is 19.5 Å². The summed E-state index contributed by atoms with van der Waals surface area (Å²) in [6, 6.07) is 5.27. The first-order valence-electron chi connectivity index (χ1n) is 6.39. The van der Waals surface area contributed by atoms with Crippen LogP contribution in [0.25, 0.3) is 5.65 Å². The first kappa shape index (κ1) is 14.3. The first-order chi connectivity index (χ1) is 9.43. The molecule has 0 atom stereocenters. The molecular weight excluding hydrogens is 260 g/mol. The summed E-state index contributed by atoms with van der Waals surface area (Å²) < 4.78 is 2.69. The topological polar surface area (TPSA) is 88.6 Å². The van der Waals surface area contributed by atoms with Gasteiger partial charge < -0.3 is 10.4 Å². The Morgan fingerprint density at radius 3 is 2.85 bits per heavy atom. The number of hydrogen-bond donors (Lipinski definition) is 2. The van der Waals surface area contributed by atoms with Crippen LogP contribution in [0, 0.1) is 0 Å². The maximum Gasteiger partial charge on any atom is 0.350 e. The van der Waals surface area contributed by atoms with Crippen LogP contribution < -0.4 is 11.0 Å². The van der Waals surface area contributed by atoms with Gasteiger partial charge in [-0.05, 0) is 26.0 Å². The van der Waals surface area contributed by atoms with E-state index in [0.29, 0.717) is 5.65 Å². The Balaban J connectivity index is 2.05. The number of rotatable bonds is 5. The number of aryl methyl sites for hydroxylation is 1. The highest BCUT2D eigenvalue weighted by Crippen LogP contribution is 2.01. The number of carbonyl (C=O) groups excluding carboxylic acids is 1. The first-order valence-corrected chi connectivity index (χ1v) is 6.39. The van der Waals surface area contributed by atoms with Crippen molar-refractivity contribution < 1.29 is 9.90 Å². The molecule has 20 heavy (non-hydrogen) atoms. The monoisotopic (exact) mass is 278 g/mol. The summed E-state index contributed by atoms with van der Waals surface area (Å²) in [6.07, 6.45) is 1.77. The zero-order valence-corrected chi connectivity index (χ0v) is 11.5. The average molecular weight is 278 g/mol. The van der Waals surface area contributed by atoms with Crippen LogP contribution in [0.2, 0.25) is 0 Å². The van der Waals surface area contributed by atoms with E-state index in [4.69, 9.17) is 5.11 Å². The molecule has 2 aromatic rings. The molecule has 0 spiro atoms. The van der Waals surface area contributed by atoms with E-state index in [0.717, 1.165) is 0 Å². The molecule has 7 nitrogen and oxygen atoms in total. The van der Waals surface area contributed by atoms with Gasteiger partial charge >= 0.3 is 5.69 Å². The molecule has 0 unspecified atom stereocenters. The SMILES string of the molecule is CC(C)(CO)NC(=O)CCn1nc2ccccn2c1=O. The number of carbonyl (C=O) groups is 1. The van der Waals surface area contributed by atoms with Crippen LogP contribution in [0.15, 0.2) is 29.2 Å². The second-order valence-corrected chi connectivity index (χ2v) is 5.27. The zero-order chi connectivity index (χ0) is 14.8. The number of pyridine rings is 1. The lowest BCUT2D eigenvalue weighted by Gasteiger charge is -2.23. The summed E-state index contributed by atoms with van der Waals surface area (Å²) in [6.45, 7) is 3.50. The summed E-state index contributed by atoms with van der Waals surface area (Å²) in [4.78, 5) is 23.7. The normalized spacial score (nSPS) is 11.8. The molecular formula is C13H18N4O3. The predicted molar refractivity (Wildman–Crippen MR) is 73.4 cm³/mol. The van der Waals surface area contributed by atoms with Gasteiger partial charge in [0, 0.05) is 12.6 Å². The lowest BCUT2D eigenvalue weighted by molar-refractivity contribution is -0.123. The third kappa shape index (κ3) is 3.05. The van der Waals surface area contributed by atoms with Gasteiger partial charge in [-0.25, -0.2) is 9.48 Å². The summed E-state index contributed by atoms with van der Waals surface area (Å²) >= 11 is 0. The van der Waals surface area contributed by atoms with Gasteiger partial charge in [-0.1, -0.05) is 6.07 Å². The van der Waals surface area contributed by atoms with Crippen molar-refractivity contribution in [2.45, 2.75) is 32.4 Å². The quantitative estimate of drug-likeness (QED) is 0.791. The lowest BCUT2D eigenvalue weighted by Crippen LogP contribution is -2.46. The number of hydrogen-bond acceptors (Lipinski definition) is 4. The minimum Gasteiger partial charge on any atom is -0.394 e. The summed E-state index contributed by atoms with van der Waals surface area (Å²) in [5, 5.41) is 15.9. The van der Waals surface area contributed by atoms with Crippen LogP contribution in [0.4, 0.5) is 0 Å². The van der Waals surface area contributed by atoms with Gasteiger partial charge in [-0.3, -0.25) is 9.20 Å². The maximum atomic E-state index is 12.0. The highest BCUT2D eigenvalue weighted by Gasteiger charge is 2.19. The summed E-state index contributed by atoms with van der Waals surface area (Å²) in [5.74, 6) is -0.229. The molecule has 0 aliphatic carbocycles.